The topological polar surface area (TPSA) is 21.3 Å². The van der Waals surface area contributed by atoms with Gasteiger partial charge in [-0.2, -0.15) is 0 Å². The number of aryl methyl sites for hydroxylation is 1. The molecule has 110 valence electrons. The second kappa shape index (κ2) is 5.53. The number of hydrogen-bond acceptors (Lipinski definition) is 2. The van der Waals surface area contributed by atoms with Crippen molar-refractivity contribution in [2.24, 2.45) is 0 Å². The van der Waals surface area contributed by atoms with Crippen molar-refractivity contribution in [3.8, 4) is 5.75 Å². The number of ether oxygens (including phenoxy) is 1. The van der Waals surface area contributed by atoms with Crippen LogP contribution in [0.25, 0.3) is 0 Å². The fraction of sp³-hybridized carbons (Fsp3) is 0.368. The molecule has 0 aliphatic carbocycles. The molecule has 2 unspecified atom stereocenters. The molecule has 1 aliphatic rings. The van der Waals surface area contributed by atoms with Crippen molar-refractivity contribution in [2.75, 3.05) is 6.54 Å². The third-order valence-corrected chi connectivity index (χ3v) is 4.30. The number of rotatable bonds is 3. The third kappa shape index (κ3) is 2.68. The molecule has 2 nitrogen and oxygen atoms in total. The van der Waals surface area contributed by atoms with Gasteiger partial charge in [-0.1, -0.05) is 55.0 Å². The summed E-state index contributed by atoms with van der Waals surface area (Å²) in [5, 5.41) is 3.60. The van der Waals surface area contributed by atoms with E-state index < -0.39 is 0 Å². The van der Waals surface area contributed by atoms with E-state index in [4.69, 9.17) is 4.74 Å². The summed E-state index contributed by atoms with van der Waals surface area (Å²) in [5.41, 5.74) is 3.51. The fourth-order valence-corrected chi connectivity index (χ4v) is 3.22. The second-order valence-corrected chi connectivity index (χ2v) is 6.05. The first-order valence-corrected chi connectivity index (χ1v) is 7.71. The Kier molecular flexibility index (Phi) is 3.73. The lowest BCUT2D eigenvalue weighted by Gasteiger charge is -2.40. The molecule has 1 N–H and O–H groups in total. The van der Waals surface area contributed by atoms with Crippen LogP contribution in [0.1, 0.15) is 43.0 Å². The summed E-state index contributed by atoms with van der Waals surface area (Å²) in [6, 6.07) is 17.4. The molecular weight excluding hydrogens is 258 g/mol. The Morgan fingerprint density at radius 3 is 2.76 bits per heavy atom. The first kappa shape index (κ1) is 14.2. The van der Waals surface area contributed by atoms with E-state index >= 15 is 0 Å². The van der Waals surface area contributed by atoms with Crippen molar-refractivity contribution in [1.29, 1.82) is 0 Å². The minimum absolute atomic E-state index is 0.285. The Hall–Kier alpha value is -1.80. The molecule has 0 saturated carbocycles. The first-order chi connectivity index (χ1) is 10.1. The van der Waals surface area contributed by atoms with Gasteiger partial charge in [0.1, 0.15) is 11.4 Å². The van der Waals surface area contributed by atoms with Crippen LogP contribution in [0.2, 0.25) is 0 Å². The highest BCUT2D eigenvalue weighted by Gasteiger charge is 2.38. The molecule has 0 amide bonds. The molecule has 1 aliphatic heterocycles. The molecule has 0 fully saturated rings. The summed E-state index contributed by atoms with van der Waals surface area (Å²) < 4.78 is 6.40. The molecule has 0 saturated heterocycles. The maximum Gasteiger partial charge on any atom is 0.133 e. The summed E-state index contributed by atoms with van der Waals surface area (Å²) in [5.74, 6) is 0.999. The average molecular weight is 281 g/mol. The van der Waals surface area contributed by atoms with Crippen LogP contribution in [0, 0.1) is 6.92 Å². The Morgan fingerprint density at radius 2 is 2.00 bits per heavy atom. The molecule has 3 rings (SSSR count). The van der Waals surface area contributed by atoms with Gasteiger partial charge in [-0.15, -0.1) is 0 Å². The summed E-state index contributed by atoms with van der Waals surface area (Å²) in [4.78, 5) is 0. The summed E-state index contributed by atoms with van der Waals surface area (Å²) in [6.07, 6.45) is 0.946. The molecule has 1 heterocycles. The van der Waals surface area contributed by atoms with Crippen LogP contribution >= 0.6 is 0 Å². The third-order valence-electron chi connectivity index (χ3n) is 4.30. The van der Waals surface area contributed by atoms with E-state index in [0.717, 1.165) is 18.7 Å². The average Bonchev–Trinajstić information content (AvgIpc) is 2.47. The van der Waals surface area contributed by atoms with E-state index in [2.05, 4.69) is 68.6 Å². The molecule has 0 aromatic heterocycles. The number of para-hydroxylation sites is 1. The van der Waals surface area contributed by atoms with Gasteiger partial charge in [0.15, 0.2) is 0 Å². The minimum Gasteiger partial charge on any atom is -0.482 e. The van der Waals surface area contributed by atoms with Gasteiger partial charge in [-0.25, -0.2) is 0 Å². The van der Waals surface area contributed by atoms with E-state index in [1.54, 1.807) is 0 Å². The van der Waals surface area contributed by atoms with Crippen LogP contribution in [0.15, 0.2) is 48.5 Å². The van der Waals surface area contributed by atoms with Gasteiger partial charge in [-0.3, -0.25) is 0 Å². The van der Waals surface area contributed by atoms with E-state index in [1.807, 2.05) is 6.07 Å². The number of hydrogen-bond donors (Lipinski definition) is 1. The van der Waals surface area contributed by atoms with Crippen LogP contribution in [0.4, 0.5) is 0 Å². The minimum atomic E-state index is -0.285. The predicted octanol–water partition coefficient (Wildman–Crippen LogP) is 4.34. The Labute approximate surface area is 127 Å². The summed E-state index contributed by atoms with van der Waals surface area (Å²) in [6.45, 7) is 7.44. The van der Waals surface area contributed by atoms with Gasteiger partial charge in [0.2, 0.25) is 0 Å². The maximum atomic E-state index is 6.40. The highest BCUT2D eigenvalue weighted by Crippen LogP contribution is 2.44. The lowest BCUT2D eigenvalue weighted by molar-refractivity contribution is 0.0451. The van der Waals surface area contributed by atoms with Crippen molar-refractivity contribution >= 4 is 0 Å². The second-order valence-electron chi connectivity index (χ2n) is 6.05. The van der Waals surface area contributed by atoms with Crippen LogP contribution in [0.5, 0.6) is 5.75 Å². The van der Waals surface area contributed by atoms with Gasteiger partial charge < -0.3 is 10.1 Å². The van der Waals surface area contributed by atoms with Crippen LogP contribution < -0.4 is 10.1 Å². The van der Waals surface area contributed by atoms with E-state index in [0.29, 0.717) is 6.04 Å². The molecule has 0 spiro atoms. The van der Waals surface area contributed by atoms with E-state index in [9.17, 15) is 0 Å². The summed E-state index contributed by atoms with van der Waals surface area (Å²) in [7, 11) is 0. The van der Waals surface area contributed by atoms with Crippen molar-refractivity contribution in [3.63, 3.8) is 0 Å². The Bertz CT molecular complexity index is 637. The summed E-state index contributed by atoms with van der Waals surface area (Å²) >= 11 is 0. The lowest BCUT2D eigenvalue weighted by atomic mass is 9.83. The van der Waals surface area contributed by atoms with Gasteiger partial charge in [0.05, 0.1) is 0 Å². The highest BCUT2D eigenvalue weighted by molar-refractivity contribution is 5.41. The SMILES string of the molecule is CCNC1CC(C)(c2cccc(C)c2)Oc2ccccc21. The Morgan fingerprint density at radius 1 is 1.19 bits per heavy atom. The van der Waals surface area contributed by atoms with Crippen LogP contribution in [-0.2, 0) is 5.60 Å². The molecule has 2 atom stereocenters. The molecule has 2 aromatic rings. The number of fused-ring (bicyclic) bond motifs is 1. The van der Waals surface area contributed by atoms with Crippen molar-refractivity contribution in [3.05, 3.63) is 65.2 Å². The number of benzene rings is 2. The highest BCUT2D eigenvalue weighted by atomic mass is 16.5. The molecule has 0 bridgehead atoms. The molecule has 0 radical (unpaired) electrons. The van der Waals surface area contributed by atoms with Gasteiger partial charge in [0.25, 0.3) is 0 Å². The van der Waals surface area contributed by atoms with E-state index in [-0.39, 0.29) is 5.60 Å². The fourth-order valence-electron chi connectivity index (χ4n) is 3.22. The zero-order valence-electron chi connectivity index (χ0n) is 13.0. The normalized spacial score (nSPS) is 24.2. The van der Waals surface area contributed by atoms with Gasteiger partial charge in [0, 0.05) is 18.0 Å². The monoisotopic (exact) mass is 281 g/mol. The van der Waals surface area contributed by atoms with Crippen molar-refractivity contribution in [2.45, 2.75) is 38.8 Å². The van der Waals surface area contributed by atoms with Gasteiger partial charge in [-0.05, 0) is 32.0 Å². The largest absolute Gasteiger partial charge is 0.482 e. The first-order valence-electron chi connectivity index (χ1n) is 7.71. The molecular formula is C19H23NO. The van der Waals surface area contributed by atoms with Crippen LogP contribution in [0.3, 0.4) is 0 Å². The lowest BCUT2D eigenvalue weighted by Crippen LogP contribution is -2.39. The van der Waals surface area contributed by atoms with Gasteiger partial charge >= 0.3 is 0 Å². The molecule has 2 aromatic carbocycles. The Balaban J connectivity index is 2.02. The van der Waals surface area contributed by atoms with Crippen molar-refractivity contribution < 1.29 is 4.74 Å². The zero-order valence-corrected chi connectivity index (χ0v) is 13.0. The smallest absolute Gasteiger partial charge is 0.133 e. The molecule has 21 heavy (non-hydrogen) atoms. The van der Waals surface area contributed by atoms with Crippen molar-refractivity contribution in [1.82, 2.24) is 5.32 Å². The quantitative estimate of drug-likeness (QED) is 0.903. The standard InChI is InChI=1S/C19H23NO/c1-4-20-17-13-19(3,15-9-7-8-14(2)12-15)21-18-11-6-5-10-16(17)18/h5-12,17,20H,4,13H2,1-3H3. The zero-order chi connectivity index (χ0) is 14.9. The van der Waals surface area contributed by atoms with Crippen LogP contribution in [-0.4, -0.2) is 6.54 Å². The molecule has 2 heteroatoms. The predicted molar refractivity (Wildman–Crippen MR) is 86.6 cm³/mol. The number of nitrogens with one attached hydrogen (secondary N) is 1. The van der Waals surface area contributed by atoms with E-state index in [1.165, 1.54) is 16.7 Å². The maximum absolute atomic E-state index is 6.40.